The van der Waals surface area contributed by atoms with E-state index in [1.807, 2.05) is 36.4 Å². The fourth-order valence-corrected chi connectivity index (χ4v) is 7.67. The fourth-order valence-electron chi connectivity index (χ4n) is 5.68. The number of carbonyl (C=O) groups is 1. The highest BCUT2D eigenvalue weighted by Crippen LogP contribution is 2.44. The summed E-state index contributed by atoms with van der Waals surface area (Å²) in [7, 11) is -2.41. The molecule has 0 spiro atoms. The Morgan fingerprint density at radius 3 is 2.05 bits per heavy atom. The first kappa shape index (κ1) is 33.7. The summed E-state index contributed by atoms with van der Waals surface area (Å²) in [6, 6.07) is 4.78. The predicted octanol–water partition coefficient (Wildman–Crippen LogP) is 7.41. The molecule has 2 aliphatic heterocycles. The largest absolute Gasteiger partial charge is 0.444 e. The van der Waals surface area contributed by atoms with Gasteiger partial charge in [0.1, 0.15) is 24.9 Å². The maximum atomic E-state index is 13.1. The van der Waals surface area contributed by atoms with Crippen molar-refractivity contribution in [1.82, 2.24) is 19.5 Å². The summed E-state index contributed by atoms with van der Waals surface area (Å²) in [6.45, 7) is 22.4. The molecule has 9 nitrogen and oxygen atoms in total. The average molecular weight is 730 g/mol. The van der Waals surface area contributed by atoms with Crippen LogP contribution in [0.4, 0.5) is 10.6 Å². The first-order chi connectivity index (χ1) is 19.5. The van der Waals surface area contributed by atoms with Crippen molar-refractivity contribution in [3.63, 3.8) is 0 Å². The minimum Gasteiger partial charge on any atom is -0.444 e. The molecular weight excluding hydrogens is 677 g/mol. The van der Waals surface area contributed by atoms with Gasteiger partial charge in [0.05, 0.1) is 9.77 Å². The van der Waals surface area contributed by atoms with E-state index in [1.165, 1.54) is 0 Å². The number of halogens is 1. The van der Waals surface area contributed by atoms with Crippen LogP contribution in [0.1, 0.15) is 58.1 Å². The normalized spacial score (nSPS) is 21.3. The van der Waals surface area contributed by atoms with E-state index in [2.05, 4.69) is 72.8 Å². The van der Waals surface area contributed by atoms with Gasteiger partial charge >= 0.3 is 6.09 Å². The minimum atomic E-state index is -1.20. The van der Waals surface area contributed by atoms with Crippen LogP contribution in [0.2, 0.25) is 51.4 Å². The molecule has 3 atom stereocenters. The van der Waals surface area contributed by atoms with E-state index in [4.69, 9.17) is 24.3 Å². The van der Waals surface area contributed by atoms with Crippen molar-refractivity contribution in [2.75, 3.05) is 31.6 Å². The lowest BCUT2D eigenvalue weighted by atomic mass is 9.88. The van der Waals surface area contributed by atoms with Gasteiger partial charge in [-0.1, -0.05) is 39.3 Å². The zero-order chi connectivity index (χ0) is 30.9. The van der Waals surface area contributed by atoms with Gasteiger partial charge in [0, 0.05) is 59.1 Å². The number of rotatable bonds is 12. The first-order valence-corrected chi connectivity index (χ1v) is 24.0. The number of ether oxygens (including phenoxy) is 3. The lowest BCUT2D eigenvalue weighted by molar-refractivity contribution is 0.00569. The summed E-state index contributed by atoms with van der Waals surface area (Å²) >= 11 is 2.33. The van der Waals surface area contributed by atoms with E-state index in [9.17, 15) is 4.79 Å². The Bertz CT molecular complexity index is 1190. The van der Waals surface area contributed by atoms with E-state index >= 15 is 0 Å². The molecule has 0 aromatic carbocycles. The average Bonchev–Trinajstić information content (AvgIpc) is 3.36. The molecule has 42 heavy (non-hydrogen) atoms. The van der Waals surface area contributed by atoms with Gasteiger partial charge < -0.3 is 24.0 Å². The zero-order valence-corrected chi connectivity index (χ0v) is 31.4. The van der Waals surface area contributed by atoms with E-state index in [1.54, 1.807) is 0 Å². The molecule has 0 N–H and O–H groups in total. The van der Waals surface area contributed by atoms with Crippen molar-refractivity contribution in [3.8, 4) is 0 Å². The second-order valence-corrected chi connectivity index (χ2v) is 27.8. The standard InChI is InChI=1S/C30H52IN5O4Si2/c1-30(2,3)40-29(37)35-23-10-11-24(35)17-22(16-23)26-18-27(36-28(33-26)25(31)19-32-36)34(20-38-12-14-41(4,5)6)21-39-13-15-42(7,8)9/h18-19,22-24H,10-17,20-21H2,1-9H3/t22-,23+,24-. The van der Waals surface area contributed by atoms with Crippen LogP contribution in [0, 0.1) is 3.57 Å². The second-order valence-electron chi connectivity index (χ2n) is 15.4. The van der Waals surface area contributed by atoms with Crippen molar-refractivity contribution in [2.24, 2.45) is 0 Å². The first-order valence-electron chi connectivity index (χ1n) is 15.5. The molecule has 2 fully saturated rings. The van der Waals surface area contributed by atoms with Gasteiger partial charge in [-0.15, -0.1) is 0 Å². The van der Waals surface area contributed by atoms with E-state index in [-0.39, 0.29) is 24.1 Å². The van der Waals surface area contributed by atoms with E-state index < -0.39 is 21.7 Å². The third-order valence-electron chi connectivity index (χ3n) is 8.00. The molecule has 4 heterocycles. The quantitative estimate of drug-likeness (QED) is 0.0975. The number of anilines is 1. The molecule has 1 amide bonds. The van der Waals surface area contributed by atoms with Crippen LogP contribution < -0.4 is 4.90 Å². The lowest BCUT2D eigenvalue weighted by Gasteiger charge is -2.39. The molecule has 2 saturated heterocycles. The number of piperidine rings is 1. The van der Waals surface area contributed by atoms with Crippen molar-refractivity contribution in [2.45, 2.75) is 121 Å². The van der Waals surface area contributed by atoms with Gasteiger partial charge in [-0.25, -0.2) is 9.78 Å². The van der Waals surface area contributed by atoms with Crippen LogP contribution in [-0.4, -0.2) is 86.1 Å². The summed E-state index contributed by atoms with van der Waals surface area (Å²) in [5.74, 6) is 1.21. The predicted molar refractivity (Wildman–Crippen MR) is 183 cm³/mol. The van der Waals surface area contributed by atoms with Gasteiger partial charge in [0.2, 0.25) is 0 Å². The number of amides is 1. The molecule has 4 rings (SSSR count). The van der Waals surface area contributed by atoms with Crippen LogP contribution in [0.5, 0.6) is 0 Å². The molecule has 2 bridgehead atoms. The van der Waals surface area contributed by atoms with Crippen molar-refractivity contribution >= 4 is 56.3 Å². The summed E-state index contributed by atoms with van der Waals surface area (Å²) in [4.78, 5) is 22.4. The number of aromatic nitrogens is 3. The van der Waals surface area contributed by atoms with Gasteiger partial charge in [-0.05, 0) is 81.1 Å². The van der Waals surface area contributed by atoms with E-state index in [0.29, 0.717) is 13.5 Å². The molecule has 0 unspecified atom stereocenters. The Kier molecular flexibility index (Phi) is 10.7. The van der Waals surface area contributed by atoms with Crippen LogP contribution in [0.25, 0.3) is 5.65 Å². The fraction of sp³-hybridized carbons (Fsp3) is 0.767. The number of carbonyl (C=O) groups excluding carboxylic acids is 1. The number of nitrogens with zero attached hydrogens (tertiary/aromatic N) is 5. The van der Waals surface area contributed by atoms with E-state index in [0.717, 1.165) is 71.7 Å². The van der Waals surface area contributed by atoms with Crippen LogP contribution in [-0.2, 0) is 14.2 Å². The monoisotopic (exact) mass is 729 g/mol. The molecule has 2 aromatic heterocycles. The second kappa shape index (κ2) is 13.4. The molecule has 2 aromatic rings. The van der Waals surface area contributed by atoms with Gasteiger partial charge in [0.25, 0.3) is 0 Å². The smallest absolute Gasteiger partial charge is 0.410 e. The topological polar surface area (TPSA) is 81.4 Å². The highest BCUT2D eigenvalue weighted by molar-refractivity contribution is 14.1. The Morgan fingerprint density at radius 1 is 1.00 bits per heavy atom. The van der Waals surface area contributed by atoms with Crippen molar-refractivity contribution in [1.29, 1.82) is 0 Å². The number of hydrogen-bond acceptors (Lipinski definition) is 7. The molecule has 2 aliphatic rings. The highest BCUT2D eigenvalue weighted by Gasteiger charge is 2.45. The Labute approximate surface area is 268 Å². The van der Waals surface area contributed by atoms with Crippen molar-refractivity contribution in [3.05, 3.63) is 21.5 Å². The SMILES string of the molecule is CC(C)(C)OC(=O)N1[C@@H]2CC[C@H]1C[C@@H](c1cc(N(COCC[Si](C)(C)C)COCC[Si](C)(C)C)n3ncc(I)c3n1)C2. The number of fused-ring (bicyclic) bond motifs is 3. The summed E-state index contributed by atoms with van der Waals surface area (Å²) in [5.41, 5.74) is 1.43. The zero-order valence-electron chi connectivity index (χ0n) is 27.2. The lowest BCUT2D eigenvalue weighted by Crippen LogP contribution is -2.48. The Hall–Kier alpha value is -1.23. The Morgan fingerprint density at radius 2 is 1.55 bits per heavy atom. The van der Waals surface area contributed by atoms with Crippen LogP contribution >= 0.6 is 22.6 Å². The maximum Gasteiger partial charge on any atom is 0.410 e. The van der Waals surface area contributed by atoms with Gasteiger partial charge in [0.15, 0.2) is 5.65 Å². The molecule has 236 valence electrons. The van der Waals surface area contributed by atoms with Crippen molar-refractivity contribution < 1.29 is 19.0 Å². The summed E-state index contributed by atoms with van der Waals surface area (Å²) in [6.07, 6.45) is 5.51. The molecular formula is C30H52IN5O4Si2. The highest BCUT2D eigenvalue weighted by atomic mass is 127. The van der Waals surface area contributed by atoms with Crippen LogP contribution in [0.3, 0.4) is 0 Å². The van der Waals surface area contributed by atoms with Crippen LogP contribution in [0.15, 0.2) is 12.3 Å². The van der Waals surface area contributed by atoms with Gasteiger partial charge in [-0.3, -0.25) is 0 Å². The minimum absolute atomic E-state index is 0.181. The molecule has 0 saturated carbocycles. The summed E-state index contributed by atoms with van der Waals surface area (Å²) < 4.78 is 21.2. The number of hydrogen-bond donors (Lipinski definition) is 0. The molecule has 0 aliphatic carbocycles. The molecule has 0 radical (unpaired) electrons. The third kappa shape index (κ3) is 9.15. The molecule has 12 heteroatoms. The maximum absolute atomic E-state index is 13.1. The Balaban J connectivity index is 1.58. The third-order valence-corrected chi connectivity index (χ3v) is 12.2. The summed E-state index contributed by atoms with van der Waals surface area (Å²) in [5, 5.41) is 4.71. The van der Waals surface area contributed by atoms with Gasteiger partial charge in [-0.2, -0.15) is 9.61 Å².